The number of amides is 1. The molecule has 0 aliphatic carbocycles. The van der Waals surface area contributed by atoms with E-state index >= 15 is 0 Å². The predicted molar refractivity (Wildman–Crippen MR) is 73.5 cm³/mol. The summed E-state index contributed by atoms with van der Waals surface area (Å²) in [5.41, 5.74) is -0.487. The highest BCUT2D eigenvalue weighted by Gasteiger charge is 2.24. The molecule has 0 radical (unpaired) electrons. The summed E-state index contributed by atoms with van der Waals surface area (Å²) in [7, 11) is 0. The molecule has 0 saturated heterocycles. The van der Waals surface area contributed by atoms with Crippen LogP contribution in [0.25, 0.3) is 0 Å². The first kappa shape index (κ1) is 14.4. The maximum Gasteiger partial charge on any atom is 0.410 e. The molecule has 0 bridgehead atoms. The molecular weight excluding hydrogens is 260 g/mol. The molecule has 7 nitrogen and oxygen atoms in total. The minimum absolute atomic E-state index is 0.314. The molecule has 1 aromatic rings. The van der Waals surface area contributed by atoms with Gasteiger partial charge in [0.1, 0.15) is 11.4 Å². The molecule has 0 atom stereocenters. The molecule has 7 heteroatoms. The Kier molecular flexibility index (Phi) is 4.26. The predicted octanol–water partition coefficient (Wildman–Crippen LogP) is 1.41. The molecule has 0 aromatic carbocycles. The summed E-state index contributed by atoms with van der Waals surface area (Å²) in [5, 5.41) is 6.77. The van der Waals surface area contributed by atoms with Crippen LogP contribution in [0.2, 0.25) is 0 Å². The normalized spacial score (nSPS) is 15.8. The van der Waals surface area contributed by atoms with Crippen molar-refractivity contribution in [1.82, 2.24) is 15.4 Å². The topological polar surface area (TPSA) is 80.0 Å². The minimum atomic E-state index is -0.487. The van der Waals surface area contributed by atoms with Crippen LogP contribution < -0.4 is 5.32 Å². The lowest BCUT2D eigenvalue weighted by molar-refractivity contribution is 0.0276. The summed E-state index contributed by atoms with van der Waals surface area (Å²) in [6.45, 7) is 7.62. The van der Waals surface area contributed by atoms with Gasteiger partial charge in [-0.25, -0.2) is 4.79 Å². The molecule has 0 fully saturated rings. The zero-order valence-electron chi connectivity index (χ0n) is 12.0. The second-order valence-corrected chi connectivity index (χ2v) is 5.56. The average molecular weight is 280 g/mol. The van der Waals surface area contributed by atoms with Crippen LogP contribution in [0, 0.1) is 0 Å². The van der Waals surface area contributed by atoms with Crippen LogP contribution in [0.1, 0.15) is 26.5 Å². The van der Waals surface area contributed by atoms with Crippen molar-refractivity contribution in [2.24, 2.45) is 4.99 Å². The summed E-state index contributed by atoms with van der Waals surface area (Å²) in [6.07, 6.45) is 1.28. The minimum Gasteiger partial charge on any atom is -0.444 e. The zero-order valence-corrected chi connectivity index (χ0v) is 12.0. The third-order valence-electron chi connectivity index (χ3n) is 2.62. The highest BCUT2D eigenvalue weighted by atomic mass is 16.6. The lowest BCUT2D eigenvalue weighted by Gasteiger charge is -2.29. The number of amidine groups is 1. The third kappa shape index (κ3) is 4.25. The maximum atomic E-state index is 12.0. The number of carbonyl (C=O) groups is 1. The van der Waals surface area contributed by atoms with Gasteiger partial charge in [0.25, 0.3) is 0 Å². The molecule has 0 unspecified atom stereocenters. The number of rotatable bonds is 2. The Labute approximate surface area is 118 Å². The Balaban J connectivity index is 1.84. The molecule has 110 valence electrons. The molecule has 1 aromatic heterocycles. The summed E-state index contributed by atoms with van der Waals surface area (Å²) >= 11 is 0. The zero-order chi connectivity index (χ0) is 14.6. The maximum absolute atomic E-state index is 12.0. The number of nitrogens with one attached hydrogen (secondary N) is 1. The standard InChI is InChI=1S/C13H20N4O3/c1-13(2,3)19-12(18)17-7-6-14-11(9-17)15-8-10-4-5-16-20-10/h4-5H,6-9H2,1-3H3,(H,14,15). The molecule has 2 heterocycles. The van der Waals surface area contributed by atoms with Crippen LogP contribution >= 0.6 is 0 Å². The first-order valence-electron chi connectivity index (χ1n) is 6.59. The Morgan fingerprint density at radius 3 is 3.00 bits per heavy atom. The Bertz CT molecular complexity index is 476. The van der Waals surface area contributed by atoms with Gasteiger partial charge in [-0.05, 0) is 20.8 Å². The number of hydrogen-bond acceptors (Lipinski definition) is 6. The van der Waals surface area contributed by atoms with E-state index in [1.807, 2.05) is 20.8 Å². The molecule has 0 spiro atoms. The van der Waals surface area contributed by atoms with Gasteiger partial charge in [-0.1, -0.05) is 5.16 Å². The van der Waals surface area contributed by atoms with Crippen molar-refractivity contribution in [2.45, 2.75) is 32.9 Å². The van der Waals surface area contributed by atoms with Crippen molar-refractivity contribution in [3.05, 3.63) is 18.0 Å². The lowest BCUT2D eigenvalue weighted by Crippen LogP contribution is -2.47. The molecule has 0 saturated carbocycles. The Morgan fingerprint density at radius 1 is 1.55 bits per heavy atom. The van der Waals surface area contributed by atoms with E-state index < -0.39 is 5.60 Å². The van der Waals surface area contributed by atoms with Gasteiger partial charge in [0, 0.05) is 12.6 Å². The molecule has 1 amide bonds. The van der Waals surface area contributed by atoms with Gasteiger partial charge in [-0.15, -0.1) is 0 Å². The number of carbonyl (C=O) groups excluding carboxylic acids is 1. The van der Waals surface area contributed by atoms with Crippen LogP contribution in [-0.2, 0) is 11.3 Å². The van der Waals surface area contributed by atoms with Gasteiger partial charge in [0.05, 0.1) is 25.8 Å². The number of nitrogens with zero attached hydrogens (tertiary/aromatic N) is 3. The monoisotopic (exact) mass is 280 g/mol. The molecule has 1 aliphatic rings. The van der Waals surface area contributed by atoms with E-state index in [4.69, 9.17) is 9.26 Å². The van der Waals surface area contributed by atoms with E-state index in [-0.39, 0.29) is 6.09 Å². The quantitative estimate of drug-likeness (QED) is 0.886. The van der Waals surface area contributed by atoms with Crippen molar-refractivity contribution in [3.8, 4) is 0 Å². The third-order valence-corrected chi connectivity index (χ3v) is 2.62. The van der Waals surface area contributed by atoms with Crippen molar-refractivity contribution in [1.29, 1.82) is 0 Å². The fourth-order valence-corrected chi connectivity index (χ4v) is 1.73. The van der Waals surface area contributed by atoms with Gasteiger partial charge in [-0.2, -0.15) is 0 Å². The van der Waals surface area contributed by atoms with Crippen molar-refractivity contribution in [2.75, 3.05) is 19.6 Å². The summed E-state index contributed by atoms with van der Waals surface area (Å²) in [6, 6.07) is 1.78. The van der Waals surface area contributed by atoms with Gasteiger partial charge >= 0.3 is 6.09 Å². The lowest BCUT2D eigenvalue weighted by atomic mass is 10.2. The summed E-state index contributed by atoms with van der Waals surface area (Å²) in [5.74, 6) is 1.47. The van der Waals surface area contributed by atoms with Crippen LogP contribution in [0.15, 0.2) is 21.8 Å². The number of hydrogen-bond donors (Lipinski definition) is 1. The highest BCUT2D eigenvalue weighted by Crippen LogP contribution is 2.11. The van der Waals surface area contributed by atoms with Crippen LogP contribution in [-0.4, -0.2) is 47.2 Å². The van der Waals surface area contributed by atoms with E-state index in [2.05, 4.69) is 15.5 Å². The fourth-order valence-electron chi connectivity index (χ4n) is 1.73. The average Bonchev–Trinajstić information content (AvgIpc) is 2.88. The van der Waals surface area contributed by atoms with E-state index in [0.29, 0.717) is 26.2 Å². The highest BCUT2D eigenvalue weighted by molar-refractivity contribution is 5.87. The molecule has 20 heavy (non-hydrogen) atoms. The van der Waals surface area contributed by atoms with Gasteiger partial charge in [0.2, 0.25) is 0 Å². The van der Waals surface area contributed by atoms with Crippen LogP contribution in [0.5, 0.6) is 0 Å². The van der Waals surface area contributed by atoms with E-state index in [9.17, 15) is 4.79 Å². The Morgan fingerprint density at radius 2 is 2.35 bits per heavy atom. The van der Waals surface area contributed by atoms with Gasteiger partial charge in [0.15, 0.2) is 5.76 Å². The molecule has 1 N–H and O–H groups in total. The largest absolute Gasteiger partial charge is 0.444 e. The van der Waals surface area contributed by atoms with E-state index in [1.54, 1.807) is 17.2 Å². The first-order chi connectivity index (χ1) is 9.44. The number of ether oxygens (including phenoxy) is 1. The molecular formula is C13H20N4O3. The Hall–Kier alpha value is -2.05. The number of aliphatic imine (C=N–C) groups is 1. The smallest absolute Gasteiger partial charge is 0.410 e. The van der Waals surface area contributed by atoms with Crippen LogP contribution in [0.3, 0.4) is 0 Å². The second kappa shape index (κ2) is 5.94. The van der Waals surface area contributed by atoms with Crippen molar-refractivity contribution >= 4 is 11.9 Å². The fraction of sp³-hybridized carbons (Fsp3) is 0.615. The van der Waals surface area contributed by atoms with Gasteiger partial charge < -0.3 is 14.6 Å². The summed E-state index contributed by atoms with van der Waals surface area (Å²) < 4.78 is 10.3. The van der Waals surface area contributed by atoms with Crippen molar-refractivity contribution in [3.63, 3.8) is 0 Å². The second-order valence-electron chi connectivity index (χ2n) is 5.56. The van der Waals surface area contributed by atoms with Crippen molar-refractivity contribution < 1.29 is 14.1 Å². The SMILES string of the molecule is CC(C)(C)OC(=O)N1CCN=C(NCc2ccno2)C1. The van der Waals surface area contributed by atoms with E-state index in [0.717, 1.165) is 11.6 Å². The van der Waals surface area contributed by atoms with Gasteiger partial charge in [-0.3, -0.25) is 9.89 Å². The first-order valence-corrected chi connectivity index (χ1v) is 6.59. The molecule has 1 aliphatic heterocycles. The molecule has 2 rings (SSSR count). The van der Waals surface area contributed by atoms with E-state index in [1.165, 1.54) is 0 Å². The number of aromatic nitrogens is 1. The summed E-state index contributed by atoms with van der Waals surface area (Å²) in [4.78, 5) is 18.0. The van der Waals surface area contributed by atoms with Crippen LogP contribution in [0.4, 0.5) is 4.79 Å².